The number of esters is 1. The van der Waals surface area contributed by atoms with Crippen molar-refractivity contribution in [3.05, 3.63) is 35.9 Å². The maximum absolute atomic E-state index is 12.6. The highest BCUT2D eigenvalue weighted by atomic mass is 35.5. The van der Waals surface area contributed by atoms with E-state index in [2.05, 4.69) is 0 Å². The summed E-state index contributed by atoms with van der Waals surface area (Å²) in [6.45, 7) is 2.00. The van der Waals surface area contributed by atoms with Crippen molar-refractivity contribution in [3.8, 4) is 0 Å². The van der Waals surface area contributed by atoms with Gasteiger partial charge in [0.2, 0.25) is 0 Å². The molecule has 0 aliphatic heterocycles. The fourth-order valence-corrected chi connectivity index (χ4v) is 3.32. The highest BCUT2D eigenvalue weighted by molar-refractivity contribution is 6.22. The largest absolute Gasteiger partial charge is 0.481 e. The van der Waals surface area contributed by atoms with Gasteiger partial charge in [-0.1, -0.05) is 30.3 Å². The summed E-state index contributed by atoms with van der Waals surface area (Å²) in [6, 6.07) is 9.47. The van der Waals surface area contributed by atoms with Crippen molar-refractivity contribution in [2.45, 2.75) is 44.6 Å². The molecular formula is C17H21ClO4. The number of carboxylic acid groups (broad SMARTS) is 1. The van der Waals surface area contributed by atoms with Gasteiger partial charge in [0, 0.05) is 5.38 Å². The van der Waals surface area contributed by atoms with Crippen LogP contribution >= 0.6 is 11.6 Å². The molecule has 0 saturated heterocycles. The third-order valence-corrected chi connectivity index (χ3v) is 5.03. The molecule has 5 heteroatoms. The minimum Gasteiger partial charge on any atom is -0.481 e. The molecule has 1 aromatic rings. The van der Waals surface area contributed by atoms with Gasteiger partial charge < -0.3 is 9.84 Å². The molecule has 1 saturated carbocycles. The quantitative estimate of drug-likeness (QED) is 0.663. The van der Waals surface area contributed by atoms with E-state index in [0.717, 1.165) is 5.56 Å². The van der Waals surface area contributed by atoms with Gasteiger partial charge in [-0.3, -0.25) is 9.59 Å². The Balaban J connectivity index is 2.02. The number of aliphatic carboxylic acids is 1. The number of carbonyl (C=O) groups is 2. The van der Waals surface area contributed by atoms with Crippen molar-refractivity contribution >= 4 is 23.5 Å². The normalized spacial score (nSPS) is 26.2. The predicted molar refractivity (Wildman–Crippen MR) is 83.6 cm³/mol. The molecule has 0 bridgehead atoms. The zero-order valence-corrected chi connectivity index (χ0v) is 13.4. The number of carboxylic acids is 1. The lowest BCUT2D eigenvalue weighted by Gasteiger charge is -2.38. The molecular weight excluding hydrogens is 304 g/mol. The third-order valence-electron chi connectivity index (χ3n) is 4.61. The molecule has 0 heterocycles. The van der Waals surface area contributed by atoms with Gasteiger partial charge >= 0.3 is 11.9 Å². The first-order valence-electron chi connectivity index (χ1n) is 7.54. The van der Waals surface area contributed by atoms with Gasteiger partial charge in [0.25, 0.3) is 0 Å². The fourth-order valence-electron chi connectivity index (χ4n) is 3.01. The van der Waals surface area contributed by atoms with Crippen LogP contribution in [0.15, 0.2) is 30.3 Å². The number of benzene rings is 1. The lowest BCUT2D eigenvalue weighted by molar-refractivity contribution is -0.162. The minimum absolute atomic E-state index is 0.216. The lowest BCUT2D eigenvalue weighted by Crippen LogP contribution is -2.43. The van der Waals surface area contributed by atoms with E-state index in [0.29, 0.717) is 25.7 Å². The summed E-state index contributed by atoms with van der Waals surface area (Å²) < 4.78 is 5.46. The summed E-state index contributed by atoms with van der Waals surface area (Å²) in [5.41, 5.74) is 0.148. The molecule has 0 radical (unpaired) electrons. The first kappa shape index (κ1) is 16.8. The van der Waals surface area contributed by atoms with Crippen LogP contribution in [0.5, 0.6) is 0 Å². The van der Waals surface area contributed by atoms with E-state index in [1.807, 2.05) is 30.3 Å². The van der Waals surface area contributed by atoms with Gasteiger partial charge in [-0.2, -0.15) is 0 Å². The van der Waals surface area contributed by atoms with Gasteiger partial charge in [0.05, 0.1) is 11.3 Å². The van der Waals surface area contributed by atoms with Crippen LogP contribution in [0, 0.1) is 11.3 Å². The van der Waals surface area contributed by atoms with Crippen molar-refractivity contribution in [2.24, 2.45) is 11.3 Å². The van der Waals surface area contributed by atoms with Crippen molar-refractivity contribution in [3.63, 3.8) is 0 Å². The summed E-state index contributed by atoms with van der Waals surface area (Å²) in [6.07, 6.45) is 1.85. The molecule has 2 rings (SSSR count). The maximum atomic E-state index is 12.6. The number of ether oxygens (including phenoxy) is 1. The Morgan fingerprint density at radius 1 is 1.32 bits per heavy atom. The van der Waals surface area contributed by atoms with Crippen molar-refractivity contribution in [1.29, 1.82) is 0 Å². The molecule has 1 aromatic carbocycles. The molecule has 22 heavy (non-hydrogen) atoms. The first-order chi connectivity index (χ1) is 10.5. The van der Waals surface area contributed by atoms with Crippen LogP contribution in [-0.4, -0.2) is 22.4 Å². The number of hydrogen-bond acceptors (Lipinski definition) is 3. The summed E-state index contributed by atoms with van der Waals surface area (Å²) in [5, 5.41) is 8.70. The molecule has 1 fully saturated rings. The Morgan fingerprint density at radius 3 is 2.41 bits per heavy atom. The Bertz CT molecular complexity index is 519. The van der Waals surface area contributed by atoms with Crippen molar-refractivity contribution in [2.75, 3.05) is 0 Å². The number of rotatable bonds is 5. The number of carbonyl (C=O) groups excluding carboxylic acids is 1. The standard InChI is InChI=1S/C17H21ClO4/c1-12(18)17(9-7-14(8-10-17)15(19)20)16(21)22-11-13-5-3-2-4-6-13/h2-6,12,14H,7-11H2,1H3,(H,19,20)/t12-,14?,17?/m0/s1. The maximum Gasteiger partial charge on any atom is 0.313 e. The second-order valence-corrected chi connectivity index (χ2v) is 6.60. The van der Waals surface area contributed by atoms with Crippen LogP contribution < -0.4 is 0 Å². The molecule has 1 aliphatic rings. The van der Waals surface area contributed by atoms with Gasteiger partial charge in [-0.15, -0.1) is 11.6 Å². The van der Waals surface area contributed by atoms with Gasteiger partial charge in [0.15, 0.2) is 0 Å². The van der Waals surface area contributed by atoms with Crippen LogP contribution in [-0.2, 0) is 20.9 Å². The molecule has 1 aliphatic carbocycles. The topological polar surface area (TPSA) is 63.6 Å². The second-order valence-electron chi connectivity index (χ2n) is 5.95. The van der Waals surface area contributed by atoms with Gasteiger partial charge in [0.1, 0.15) is 6.61 Å². The van der Waals surface area contributed by atoms with Crippen molar-refractivity contribution in [1.82, 2.24) is 0 Å². The second kappa shape index (κ2) is 7.14. The van der Waals surface area contributed by atoms with E-state index in [4.69, 9.17) is 21.4 Å². The number of halogens is 1. The Kier molecular flexibility index (Phi) is 5.46. The van der Waals surface area contributed by atoms with E-state index < -0.39 is 11.4 Å². The Labute approximate surface area is 135 Å². The molecule has 120 valence electrons. The smallest absolute Gasteiger partial charge is 0.313 e. The lowest BCUT2D eigenvalue weighted by atomic mass is 9.68. The van der Waals surface area contributed by atoms with Crippen LogP contribution in [0.1, 0.15) is 38.2 Å². The zero-order chi connectivity index (χ0) is 16.2. The average molecular weight is 325 g/mol. The molecule has 1 atom stereocenters. The van der Waals surface area contributed by atoms with Crippen molar-refractivity contribution < 1.29 is 19.4 Å². The fraction of sp³-hybridized carbons (Fsp3) is 0.529. The Hall–Kier alpha value is -1.55. The molecule has 0 unspecified atom stereocenters. The molecule has 1 N–H and O–H groups in total. The van der Waals surface area contributed by atoms with Gasteiger partial charge in [-0.05, 0) is 38.2 Å². The zero-order valence-electron chi connectivity index (χ0n) is 12.6. The minimum atomic E-state index is -0.798. The van der Waals surface area contributed by atoms with E-state index in [1.165, 1.54) is 0 Å². The molecule has 0 amide bonds. The SMILES string of the molecule is C[C@H](Cl)C1(C(=O)OCc2ccccc2)CCC(C(=O)O)CC1. The number of hydrogen-bond donors (Lipinski definition) is 1. The first-order valence-corrected chi connectivity index (χ1v) is 7.97. The number of alkyl halides is 1. The monoisotopic (exact) mass is 324 g/mol. The van der Waals surface area contributed by atoms with Gasteiger partial charge in [-0.25, -0.2) is 0 Å². The van der Waals surface area contributed by atoms with Crippen LogP contribution in [0.25, 0.3) is 0 Å². The molecule has 4 nitrogen and oxygen atoms in total. The van der Waals surface area contributed by atoms with E-state index in [1.54, 1.807) is 6.92 Å². The van der Waals surface area contributed by atoms with E-state index >= 15 is 0 Å². The predicted octanol–water partition coefficient (Wildman–Crippen LogP) is 3.62. The average Bonchev–Trinajstić information content (AvgIpc) is 2.53. The van der Waals surface area contributed by atoms with Crippen LogP contribution in [0.4, 0.5) is 0 Å². The summed E-state index contributed by atoms with van der Waals surface area (Å²) in [4.78, 5) is 23.6. The van der Waals surface area contributed by atoms with Crippen LogP contribution in [0.3, 0.4) is 0 Å². The summed E-state index contributed by atoms with van der Waals surface area (Å²) in [7, 11) is 0. The highest BCUT2D eigenvalue weighted by Crippen LogP contribution is 2.44. The third kappa shape index (κ3) is 3.61. The molecule has 0 aromatic heterocycles. The van der Waals surface area contributed by atoms with E-state index in [9.17, 15) is 9.59 Å². The van der Waals surface area contributed by atoms with E-state index in [-0.39, 0.29) is 23.9 Å². The summed E-state index contributed by atoms with van der Waals surface area (Å²) in [5.74, 6) is -1.50. The Morgan fingerprint density at radius 2 is 1.91 bits per heavy atom. The van der Waals surface area contributed by atoms with Crippen LogP contribution in [0.2, 0.25) is 0 Å². The summed E-state index contributed by atoms with van der Waals surface area (Å²) >= 11 is 6.27. The molecule has 0 spiro atoms. The highest BCUT2D eigenvalue weighted by Gasteiger charge is 2.47.